The lowest BCUT2D eigenvalue weighted by Gasteiger charge is -2.09. The van der Waals surface area contributed by atoms with Crippen LogP contribution >= 0.6 is 0 Å². The molecular formula is C19H24N2O2. The number of nitrogens with zero attached hydrogens (tertiary/aromatic N) is 1. The maximum atomic E-state index is 12.0. The molecule has 1 aliphatic carbocycles. The minimum absolute atomic E-state index is 0.0464. The fraction of sp³-hybridized carbons (Fsp3) is 0.421. The molecule has 1 fully saturated rings. The van der Waals surface area contributed by atoms with Crippen LogP contribution in [-0.2, 0) is 11.3 Å². The van der Waals surface area contributed by atoms with Crippen molar-refractivity contribution in [2.24, 2.45) is 0 Å². The van der Waals surface area contributed by atoms with Crippen LogP contribution in [0.4, 0.5) is 0 Å². The molecule has 1 N–H and O–H groups in total. The van der Waals surface area contributed by atoms with Gasteiger partial charge in [0.05, 0.1) is 0 Å². The van der Waals surface area contributed by atoms with Gasteiger partial charge in [-0.25, -0.2) is 0 Å². The molecule has 4 nitrogen and oxygen atoms in total. The summed E-state index contributed by atoms with van der Waals surface area (Å²) in [6.45, 7) is 6.88. The van der Waals surface area contributed by atoms with E-state index in [0.29, 0.717) is 12.6 Å². The average molecular weight is 312 g/mol. The fourth-order valence-corrected chi connectivity index (χ4v) is 3.02. The van der Waals surface area contributed by atoms with Crippen LogP contribution in [0.1, 0.15) is 41.4 Å². The topological polar surface area (TPSA) is 43.3 Å². The summed E-state index contributed by atoms with van der Waals surface area (Å²) >= 11 is 0. The van der Waals surface area contributed by atoms with Crippen molar-refractivity contribution in [3.8, 4) is 5.75 Å². The van der Waals surface area contributed by atoms with Crippen LogP contribution in [0.2, 0.25) is 0 Å². The standard InChI is InChI=1S/C19H24N2O2/c1-13-5-4-6-18(9-13)23-12-19(22)20-11-16-10-14(2)21(15(16)3)17-7-8-17/h4-6,9-10,17H,7-8,11-12H2,1-3H3,(H,20,22). The molecule has 0 unspecified atom stereocenters. The second kappa shape index (κ2) is 6.49. The number of nitrogens with one attached hydrogen (secondary N) is 1. The molecule has 3 rings (SSSR count). The van der Waals surface area contributed by atoms with Crippen LogP contribution in [0.15, 0.2) is 30.3 Å². The zero-order valence-corrected chi connectivity index (χ0v) is 14.1. The number of rotatable bonds is 6. The van der Waals surface area contributed by atoms with E-state index in [-0.39, 0.29) is 12.5 Å². The minimum atomic E-state index is -0.0947. The van der Waals surface area contributed by atoms with Gasteiger partial charge in [0, 0.05) is 24.0 Å². The molecule has 0 aliphatic heterocycles. The summed E-state index contributed by atoms with van der Waals surface area (Å²) in [5.74, 6) is 0.634. The molecule has 1 heterocycles. The molecule has 1 amide bonds. The number of ether oxygens (including phenoxy) is 1. The Bertz CT molecular complexity index is 714. The summed E-state index contributed by atoms with van der Waals surface area (Å²) in [7, 11) is 0. The van der Waals surface area contributed by atoms with Crippen molar-refractivity contribution in [2.45, 2.75) is 46.2 Å². The van der Waals surface area contributed by atoms with E-state index in [1.54, 1.807) is 0 Å². The Morgan fingerprint density at radius 2 is 2.04 bits per heavy atom. The van der Waals surface area contributed by atoms with Gasteiger partial charge in [0.15, 0.2) is 6.61 Å². The van der Waals surface area contributed by atoms with Crippen molar-refractivity contribution in [3.05, 3.63) is 52.8 Å². The predicted molar refractivity (Wildman–Crippen MR) is 90.7 cm³/mol. The van der Waals surface area contributed by atoms with E-state index in [1.165, 1.54) is 29.8 Å². The Morgan fingerprint density at radius 1 is 1.26 bits per heavy atom. The molecule has 0 saturated heterocycles. The normalized spacial score (nSPS) is 13.9. The quantitative estimate of drug-likeness (QED) is 0.888. The number of aromatic nitrogens is 1. The van der Waals surface area contributed by atoms with E-state index < -0.39 is 0 Å². The Kier molecular flexibility index (Phi) is 4.42. The van der Waals surface area contributed by atoms with Gasteiger partial charge in [-0.05, 0) is 62.9 Å². The summed E-state index contributed by atoms with van der Waals surface area (Å²) in [5.41, 5.74) is 4.86. The van der Waals surface area contributed by atoms with Gasteiger partial charge in [0.25, 0.3) is 5.91 Å². The molecule has 0 bridgehead atoms. The third kappa shape index (κ3) is 3.76. The predicted octanol–water partition coefficient (Wildman–Crippen LogP) is 3.44. The first-order valence-electron chi connectivity index (χ1n) is 8.18. The molecule has 2 aromatic rings. The van der Waals surface area contributed by atoms with E-state index in [4.69, 9.17) is 4.74 Å². The van der Waals surface area contributed by atoms with Crippen LogP contribution < -0.4 is 10.1 Å². The number of carbonyl (C=O) groups excluding carboxylic acids is 1. The first-order valence-corrected chi connectivity index (χ1v) is 8.18. The first kappa shape index (κ1) is 15.7. The second-order valence-electron chi connectivity index (χ2n) is 6.38. The largest absolute Gasteiger partial charge is 0.484 e. The second-order valence-corrected chi connectivity index (χ2v) is 6.38. The monoisotopic (exact) mass is 312 g/mol. The average Bonchev–Trinajstić information content (AvgIpc) is 3.30. The molecule has 122 valence electrons. The molecule has 1 aromatic heterocycles. The highest BCUT2D eigenvalue weighted by Gasteiger charge is 2.26. The zero-order valence-electron chi connectivity index (χ0n) is 14.1. The first-order chi connectivity index (χ1) is 11.0. The number of hydrogen-bond donors (Lipinski definition) is 1. The van der Waals surface area contributed by atoms with Crippen LogP contribution in [0.3, 0.4) is 0 Å². The molecule has 23 heavy (non-hydrogen) atoms. The Hall–Kier alpha value is -2.23. The maximum Gasteiger partial charge on any atom is 0.258 e. The fourth-order valence-electron chi connectivity index (χ4n) is 3.02. The van der Waals surface area contributed by atoms with Crippen LogP contribution in [-0.4, -0.2) is 17.1 Å². The minimum Gasteiger partial charge on any atom is -0.484 e. The van der Waals surface area contributed by atoms with Gasteiger partial charge < -0.3 is 14.6 Å². The third-order valence-corrected chi connectivity index (χ3v) is 4.34. The van der Waals surface area contributed by atoms with Gasteiger partial charge in [-0.3, -0.25) is 4.79 Å². The van der Waals surface area contributed by atoms with E-state index in [2.05, 4.69) is 29.8 Å². The zero-order chi connectivity index (χ0) is 16.4. The third-order valence-electron chi connectivity index (χ3n) is 4.34. The van der Waals surface area contributed by atoms with E-state index >= 15 is 0 Å². The highest BCUT2D eigenvalue weighted by Crippen LogP contribution is 2.38. The SMILES string of the molecule is Cc1cccc(OCC(=O)NCc2cc(C)n(C3CC3)c2C)c1. The number of benzene rings is 1. The Balaban J connectivity index is 1.52. The van der Waals surface area contributed by atoms with Gasteiger partial charge >= 0.3 is 0 Å². The van der Waals surface area contributed by atoms with E-state index in [0.717, 1.165) is 11.3 Å². The van der Waals surface area contributed by atoms with Gasteiger partial charge in [0.2, 0.25) is 0 Å². The summed E-state index contributed by atoms with van der Waals surface area (Å²) in [6, 6.07) is 10.6. The van der Waals surface area contributed by atoms with Gasteiger partial charge in [-0.1, -0.05) is 12.1 Å². The van der Waals surface area contributed by atoms with Crippen LogP contribution in [0, 0.1) is 20.8 Å². The van der Waals surface area contributed by atoms with Crippen molar-refractivity contribution < 1.29 is 9.53 Å². The van der Waals surface area contributed by atoms with Crippen molar-refractivity contribution in [3.63, 3.8) is 0 Å². The van der Waals surface area contributed by atoms with E-state index in [9.17, 15) is 4.79 Å². The summed E-state index contributed by atoms with van der Waals surface area (Å²) < 4.78 is 7.92. The smallest absolute Gasteiger partial charge is 0.258 e. The molecule has 4 heteroatoms. The molecular weight excluding hydrogens is 288 g/mol. The Morgan fingerprint density at radius 3 is 2.74 bits per heavy atom. The van der Waals surface area contributed by atoms with Crippen molar-refractivity contribution in [2.75, 3.05) is 6.61 Å². The molecule has 1 aromatic carbocycles. The van der Waals surface area contributed by atoms with Crippen LogP contribution in [0.5, 0.6) is 5.75 Å². The van der Waals surface area contributed by atoms with Gasteiger partial charge in [0.1, 0.15) is 5.75 Å². The molecule has 1 aliphatic rings. The summed E-state index contributed by atoms with van der Waals surface area (Å²) in [6.07, 6.45) is 2.54. The molecule has 0 atom stereocenters. The molecule has 1 saturated carbocycles. The van der Waals surface area contributed by atoms with Crippen LogP contribution in [0.25, 0.3) is 0 Å². The number of carbonyl (C=O) groups is 1. The van der Waals surface area contributed by atoms with Gasteiger partial charge in [-0.15, -0.1) is 0 Å². The number of amides is 1. The van der Waals surface area contributed by atoms with Crippen molar-refractivity contribution in [1.29, 1.82) is 0 Å². The maximum absolute atomic E-state index is 12.0. The number of hydrogen-bond acceptors (Lipinski definition) is 2. The van der Waals surface area contributed by atoms with Crippen molar-refractivity contribution >= 4 is 5.91 Å². The lowest BCUT2D eigenvalue weighted by atomic mass is 10.2. The van der Waals surface area contributed by atoms with Crippen molar-refractivity contribution in [1.82, 2.24) is 9.88 Å². The highest BCUT2D eigenvalue weighted by molar-refractivity contribution is 5.77. The highest BCUT2D eigenvalue weighted by atomic mass is 16.5. The number of aryl methyl sites for hydroxylation is 2. The summed E-state index contributed by atoms with van der Waals surface area (Å²) in [5, 5.41) is 2.95. The lowest BCUT2D eigenvalue weighted by molar-refractivity contribution is -0.123. The Labute approximate surface area is 137 Å². The molecule has 0 spiro atoms. The lowest BCUT2D eigenvalue weighted by Crippen LogP contribution is -2.28. The van der Waals surface area contributed by atoms with Gasteiger partial charge in [-0.2, -0.15) is 0 Å². The van der Waals surface area contributed by atoms with E-state index in [1.807, 2.05) is 31.2 Å². The summed E-state index contributed by atoms with van der Waals surface area (Å²) in [4.78, 5) is 12.0. The molecule has 0 radical (unpaired) electrons.